The molecular weight excluding hydrogens is 785 g/mol. The summed E-state index contributed by atoms with van der Waals surface area (Å²) >= 11 is 0. The van der Waals surface area contributed by atoms with Crippen LogP contribution in [0, 0.1) is 22.7 Å². The number of hydrogen-bond donors (Lipinski definition) is 0. The van der Waals surface area contributed by atoms with Gasteiger partial charge < -0.3 is 0 Å². The topological polar surface area (TPSA) is 47.6 Å². The van der Waals surface area contributed by atoms with E-state index in [1.54, 1.807) is 0 Å². The number of benzene rings is 10. The molecule has 0 aliphatic heterocycles. The van der Waals surface area contributed by atoms with Crippen LogP contribution in [0.3, 0.4) is 0 Å². The Morgan fingerprint density at radius 3 is 0.954 bits per heavy atom. The molecule has 10 aromatic carbocycles. The molecule has 65 heavy (non-hydrogen) atoms. The van der Waals surface area contributed by atoms with Gasteiger partial charge in [0.25, 0.3) is 0 Å². The second-order valence-corrected chi connectivity index (χ2v) is 19.2. The number of nitriles is 2. The molecular formula is C63H36N2. The van der Waals surface area contributed by atoms with E-state index >= 15 is 0 Å². The van der Waals surface area contributed by atoms with Crippen LogP contribution >= 0.6 is 0 Å². The fourth-order valence-electron chi connectivity index (χ4n) is 13.9. The highest BCUT2D eigenvalue weighted by atomic mass is 14.6. The Labute approximate surface area is 377 Å². The van der Waals surface area contributed by atoms with Gasteiger partial charge in [0.05, 0.1) is 34.1 Å². The first-order valence-corrected chi connectivity index (χ1v) is 22.6. The van der Waals surface area contributed by atoms with E-state index in [0.717, 1.165) is 21.5 Å². The molecule has 2 spiro atoms. The van der Waals surface area contributed by atoms with Gasteiger partial charge in [0, 0.05) is 16.2 Å². The predicted molar refractivity (Wildman–Crippen MR) is 261 cm³/mol. The van der Waals surface area contributed by atoms with Crippen LogP contribution < -0.4 is 0 Å². The summed E-state index contributed by atoms with van der Waals surface area (Å²) < 4.78 is 0. The monoisotopic (exact) mass is 820 g/mol. The minimum absolute atomic E-state index is 0.345. The Morgan fingerprint density at radius 2 is 0.600 bits per heavy atom. The van der Waals surface area contributed by atoms with Gasteiger partial charge in [0.2, 0.25) is 0 Å². The standard InChI is InChI=1S/C63H36N2/c1-61(2)53-31-47-55(62(49-23-11-7-17-39(49)40-18-8-12-24-50(40)62)57-27-35(33-64)37-15-3-5-21-43(37)59(47)57)29-45(53)46-30-56-48(32-54(46)61)60-44-22-6-4-16-38(44)36(34-65)28-58(60)63(56)51-25-13-9-19-41(51)42-20-10-14-26-52(42)63/h3-32H,1-2H3. The van der Waals surface area contributed by atoms with Gasteiger partial charge in [-0.15, -0.1) is 0 Å². The van der Waals surface area contributed by atoms with E-state index in [0.29, 0.717) is 11.1 Å². The largest absolute Gasteiger partial charge is 0.192 e. The van der Waals surface area contributed by atoms with Gasteiger partial charge in [0.15, 0.2) is 0 Å². The van der Waals surface area contributed by atoms with Crippen molar-refractivity contribution in [3.05, 3.63) is 249 Å². The molecule has 2 heteroatoms. The number of hydrogen-bond acceptors (Lipinski definition) is 2. The number of rotatable bonds is 0. The van der Waals surface area contributed by atoms with Crippen LogP contribution in [-0.2, 0) is 16.2 Å². The maximum absolute atomic E-state index is 10.8. The molecule has 0 heterocycles. The van der Waals surface area contributed by atoms with Gasteiger partial charge in [-0.05, 0) is 158 Å². The summed E-state index contributed by atoms with van der Waals surface area (Å²) in [5, 5.41) is 25.8. The smallest absolute Gasteiger partial charge is 0.0998 e. The van der Waals surface area contributed by atoms with Crippen LogP contribution in [0.4, 0.5) is 0 Å². The van der Waals surface area contributed by atoms with Gasteiger partial charge in [-0.1, -0.05) is 159 Å². The van der Waals surface area contributed by atoms with Crippen LogP contribution in [0.2, 0.25) is 0 Å². The summed E-state index contributed by atoms with van der Waals surface area (Å²) in [5.74, 6) is 0. The van der Waals surface area contributed by atoms with Gasteiger partial charge in [-0.3, -0.25) is 0 Å². The van der Waals surface area contributed by atoms with Crippen LogP contribution in [0.15, 0.2) is 182 Å². The molecule has 10 aromatic rings. The zero-order valence-electron chi connectivity index (χ0n) is 35.7. The van der Waals surface area contributed by atoms with Crippen LogP contribution in [0.25, 0.3) is 77.2 Å². The zero-order valence-corrected chi connectivity index (χ0v) is 35.7. The van der Waals surface area contributed by atoms with Crippen molar-refractivity contribution in [3.8, 4) is 67.8 Å². The quantitative estimate of drug-likeness (QED) is 0.153. The molecule has 0 saturated carbocycles. The van der Waals surface area contributed by atoms with E-state index in [9.17, 15) is 10.5 Å². The van der Waals surface area contributed by atoms with Crippen molar-refractivity contribution >= 4 is 21.5 Å². The third kappa shape index (κ3) is 3.80. The summed E-state index contributed by atoms with van der Waals surface area (Å²) in [6.07, 6.45) is 0. The fraction of sp³-hybridized carbons (Fsp3) is 0.0794. The summed E-state index contributed by atoms with van der Waals surface area (Å²) in [6.45, 7) is 4.81. The highest BCUT2D eigenvalue weighted by Crippen LogP contribution is 2.69. The predicted octanol–water partition coefficient (Wildman–Crippen LogP) is 14.7. The number of nitrogens with zero attached hydrogens (tertiary/aromatic N) is 2. The van der Waals surface area contributed by atoms with Crippen molar-refractivity contribution in [3.63, 3.8) is 0 Å². The average molecular weight is 821 g/mol. The normalized spacial score (nSPS) is 15.6. The van der Waals surface area contributed by atoms with Crippen molar-refractivity contribution in [2.75, 3.05) is 0 Å². The lowest BCUT2D eigenvalue weighted by atomic mass is 9.69. The first-order chi connectivity index (χ1) is 31.9. The van der Waals surface area contributed by atoms with Crippen molar-refractivity contribution in [1.82, 2.24) is 0 Å². The second kappa shape index (κ2) is 11.6. The Balaban J connectivity index is 1.09. The fourth-order valence-corrected chi connectivity index (χ4v) is 13.9. The Morgan fingerprint density at radius 1 is 0.292 bits per heavy atom. The van der Waals surface area contributed by atoms with Crippen molar-refractivity contribution in [1.29, 1.82) is 10.5 Å². The molecule has 0 N–H and O–H groups in total. The molecule has 5 aliphatic rings. The van der Waals surface area contributed by atoms with E-state index in [1.165, 1.54) is 111 Å². The second-order valence-electron chi connectivity index (χ2n) is 19.2. The first kappa shape index (κ1) is 35.2. The summed E-state index contributed by atoms with van der Waals surface area (Å²) in [6, 6.07) is 72.6. The maximum Gasteiger partial charge on any atom is 0.0998 e. The third-order valence-corrected chi connectivity index (χ3v) is 16.3. The van der Waals surface area contributed by atoms with Gasteiger partial charge in [0.1, 0.15) is 0 Å². The first-order valence-electron chi connectivity index (χ1n) is 22.6. The number of fused-ring (bicyclic) bond motifs is 27. The summed E-state index contributed by atoms with van der Waals surface area (Å²) in [4.78, 5) is 0. The highest BCUT2D eigenvalue weighted by molar-refractivity contribution is 6.11. The molecule has 0 saturated heterocycles. The van der Waals surface area contributed by atoms with Gasteiger partial charge in [-0.2, -0.15) is 10.5 Å². The van der Waals surface area contributed by atoms with E-state index in [4.69, 9.17) is 0 Å². The molecule has 0 bridgehead atoms. The summed E-state index contributed by atoms with van der Waals surface area (Å²) in [7, 11) is 0. The highest BCUT2D eigenvalue weighted by Gasteiger charge is 2.56. The van der Waals surface area contributed by atoms with Crippen LogP contribution in [-0.4, -0.2) is 0 Å². The molecule has 0 radical (unpaired) electrons. The Bertz CT molecular complexity index is 3660. The van der Waals surface area contributed by atoms with Crippen molar-refractivity contribution in [2.24, 2.45) is 0 Å². The molecule has 0 fully saturated rings. The molecule has 298 valence electrons. The lowest BCUT2D eigenvalue weighted by Crippen LogP contribution is -2.26. The van der Waals surface area contributed by atoms with E-state index in [2.05, 4.69) is 208 Å². The van der Waals surface area contributed by atoms with E-state index < -0.39 is 10.8 Å². The van der Waals surface area contributed by atoms with E-state index in [-0.39, 0.29) is 5.41 Å². The molecule has 0 amide bonds. The lowest BCUT2D eigenvalue weighted by Gasteiger charge is -2.31. The van der Waals surface area contributed by atoms with Crippen LogP contribution in [0.1, 0.15) is 80.6 Å². The van der Waals surface area contributed by atoms with Crippen LogP contribution in [0.5, 0.6) is 0 Å². The third-order valence-electron chi connectivity index (χ3n) is 16.3. The SMILES string of the molecule is CC1(C)c2cc3c(cc2-c2cc4c(cc21)-c1c(cc(C#N)c2ccccc12)C41c2ccccc2-c2ccccc21)C1(c2ccccc2-c2ccccc21)c1cc(C#N)c2ccccc2c1-3. The Hall–Kier alpha value is -8.30. The van der Waals surface area contributed by atoms with E-state index in [1.807, 2.05) is 0 Å². The molecule has 0 atom stereocenters. The molecule has 0 aromatic heterocycles. The molecule has 15 rings (SSSR count). The Kier molecular flexibility index (Phi) is 6.30. The van der Waals surface area contributed by atoms with Gasteiger partial charge >= 0.3 is 0 Å². The van der Waals surface area contributed by atoms with Crippen molar-refractivity contribution in [2.45, 2.75) is 30.1 Å². The molecule has 5 aliphatic carbocycles. The lowest BCUT2D eigenvalue weighted by molar-refractivity contribution is 0.660. The minimum atomic E-state index is -0.625. The minimum Gasteiger partial charge on any atom is -0.192 e. The molecule has 2 nitrogen and oxygen atoms in total. The zero-order chi connectivity index (χ0) is 43.1. The summed E-state index contributed by atoms with van der Waals surface area (Å²) in [5.41, 5.74) is 24.9. The average Bonchev–Trinajstić information content (AvgIpc) is 4.08. The maximum atomic E-state index is 10.8. The molecule has 0 unspecified atom stereocenters. The van der Waals surface area contributed by atoms with Gasteiger partial charge in [-0.25, -0.2) is 0 Å². The van der Waals surface area contributed by atoms with Crippen molar-refractivity contribution < 1.29 is 0 Å².